The number of fused-ring (bicyclic) bond motifs is 1. The lowest BCUT2D eigenvalue weighted by molar-refractivity contribution is 0.174. The molecule has 3 rings (SSSR count). The van der Waals surface area contributed by atoms with Crippen LogP contribution in [0.25, 0.3) is 0 Å². The number of hydrogen-bond acceptors (Lipinski definition) is 4. The molecule has 1 aromatic rings. The third-order valence-corrected chi connectivity index (χ3v) is 4.08. The summed E-state index contributed by atoms with van der Waals surface area (Å²) in [6.45, 7) is 2.56. The van der Waals surface area contributed by atoms with Crippen LogP contribution < -0.4 is 14.8 Å². The lowest BCUT2D eigenvalue weighted by Crippen LogP contribution is -2.21. The van der Waals surface area contributed by atoms with Crippen LogP contribution in [0.3, 0.4) is 0 Å². The molecule has 0 bridgehead atoms. The van der Waals surface area contributed by atoms with Gasteiger partial charge in [-0.1, -0.05) is 6.07 Å². The molecule has 1 saturated heterocycles. The molecule has 2 aliphatic heterocycles. The molecule has 4 heteroatoms. The van der Waals surface area contributed by atoms with E-state index in [-0.39, 0.29) is 0 Å². The van der Waals surface area contributed by atoms with Gasteiger partial charge in [0.2, 0.25) is 6.79 Å². The largest absolute Gasteiger partial charge is 0.454 e. The Kier molecular flexibility index (Phi) is 2.25. The van der Waals surface area contributed by atoms with Crippen molar-refractivity contribution in [3.8, 4) is 11.5 Å². The summed E-state index contributed by atoms with van der Waals surface area (Å²) in [4.78, 5) is 0. The predicted molar refractivity (Wildman–Crippen MR) is 60.4 cm³/mol. The molecule has 2 heterocycles. The Bertz CT molecular complexity index is 383. The highest BCUT2D eigenvalue weighted by atomic mass is 32.2. The minimum absolute atomic E-state index is 0.348. The Morgan fingerprint density at radius 1 is 1.33 bits per heavy atom. The fourth-order valence-corrected chi connectivity index (χ4v) is 3.11. The molecule has 1 N–H and O–H groups in total. The Morgan fingerprint density at radius 3 is 3.00 bits per heavy atom. The summed E-state index contributed by atoms with van der Waals surface area (Å²) in [7, 11) is 0. The molecule has 2 atom stereocenters. The first kappa shape index (κ1) is 9.36. The van der Waals surface area contributed by atoms with Crippen molar-refractivity contribution < 1.29 is 9.47 Å². The summed E-state index contributed by atoms with van der Waals surface area (Å²) in [5.74, 6) is 2.89. The molecule has 0 spiro atoms. The Hall–Kier alpha value is -0.870. The maximum atomic E-state index is 5.37. The molecular weight excluding hydrogens is 210 g/mol. The lowest BCUT2D eigenvalue weighted by Gasteiger charge is -2.11. The second-order valence-electron chi connectivity index (χ2n) is 3.89. The molecule has 0 amide bonds. The van der Waals surface area contributed by atoms with Crippen LogP contribution in [0, 0.1) is 0 Å². The van der Waals surface area contributed by atoms with E-state index in [9.17, 15) is 0 Å². The van der Waals surface area contributed by atoms with Gasteiger partial charge in [-0.05, 0) is 24.6 Å². The van der Waals surface area contributed by atoms with Gasteiger partial charge in [-0.25, -0.2) is 0 Å². The van der Waals surface area contributed by atoms with Gasteiger partial charge in [-0.15, -0.1) is 11.8 Å². The van der Waals surface area contributed by atoms with Gasteiger partial charge in [-0.3, -0.25) is 5.32 Å². The number of ether oxygens (including phenoxy) is 2. The van der Waals surface area contributed by atoms with Gasteiger partial charge in [-0.2, -0.15) is 0 Å². The SMILES string of the molecule is CC1CSC(c2ccc3c(c2)OCO3)N1. The average Bonchev–Trinajstić information content (AvgIpc) is 2.84. The highest BCUT2D eigenvalue weighted by molar-refractivity contribution is 7.99. The minimum Gasteiger partial charge on any atom is -0.454 e. The molecule has 1 aromatic carbocycles. The van der Waals surface area contributed by atoms with Crippen molar-refractivity contribution in [2.24, 2.45) is 0 Å². The van der Waals surface area contributed by atoms with Crippen molar-refractivity contribution in [3.63, 3.8) is 0 Å². The maximum Gasteiger partial charge on any atom is 0.231 e. The van der Waals surface area contributed by atoms with Gasteiger partial charge >= 0.3 is 0 Å². The Morgan fingerprint density at radius 2 is 2.20 bits per heavy atom. The van der Waals surface area contributed by atoms with Gasteiger partial charge in [0.25, 0.3) is 0 Å². The Labute approximate surface area is 93.1 Å². The topological polar surface area (TPSA) is 30.5 Å². The van der Waals surface area contributed by atoms with E-state index in [1.54, 1.807) is 0 Å². The van der Waals surface area contributed by atoms with Crippen molar-refractivity contribution >= 4 is 11.8 Å². The van der Waals surface area contributed by atoms with Crippen molar-refractivity contribution in [1.82, 2.24) is 5.32 Å². The number of hydrogen-bond donors (Lipinski definition) is 1. The first-order valence-electron chi connectivity index (χ1n) is 5.10. The van der Waals surface area contributed by atoms with Crippen molar-refractivity contribution in [2.45, 2.75) is 18.3 Å². The molecule has 0 aromatic heterocycles. The molecule has 80 valence electrons. The lowest BCUT2D eigenvalue weighted by atomic mass is 10.2. The van der Waals surface area contributed by atoms with Crippen LogP contribution in [0.4, 0.5) is 0 Å². The van der Waals surface area contributed by atoms with Crippen LogP contribution >= 0.6 is 11.8 Å². The van der Waals surface area contributed by atoms with E-state index in [4.69, 9.17) is 9.47 Å². The highest BCUT2D eigenvalue weighted by Crippen LogP contribution is 2.38. The quantitative estimate of drug-likeness (QED) is 0.790. The average molecular weight is 223 g/mol. The summed E-state index contributed by atoms with van der Waals surface area (Å²) in [5, 5.41) is 3.93. The van der Waals surface area contributed by atoms with Crippen LogP contribution in [0.1, 0.15) is 17.9 Å². The van der Waals surface area contributed by atoms with Crippen LogP contribution in [0.2, 0.25) is 0 Å². The van der Waals surface area contributed by atoms with E-state index >= 15 is 0 Å². The summed E-state index contributed by atoms with van der Waals surface area (Å²) >= 11 is 1.94. The minimum atomic E-state index is 0.348. The van der Waals surface area contributed by atoms with Crippen LogP contribution in [0.5, 0.6) is 11.5 Å². The molecule has 1 fully saturated rings. The van der Waals surface area contributed by atoms with Crippen LogP contribution in [0.15, 0.2) is 18.2 Å². The zero-order valence-electron chi connectivity index (χ0n) is 8.53. The van der Waals surface area contributed by atoms with Crippen molar-refractivity contribution in [1.29, 1.82) is 0 Å². The van der Waals surface area contributed by atoms with E-state index in [0.29, 0.717) is 18.2 Å². The van der Waals surface area contributed by atoms with E-state index in [1.807, 2.05) is 17.8 Å². The molecule has 0 aliphatic carbocycles. The number of rotatable bonds is 1. The first-order valence-corrected chi connectivity index (χ1v) is 6.15. The second-order valence-corrected chi connectivity index (χ2v) is 5.03. The summed E-state index contributed by atoms with van der Waals surface area (Å²) in [6, 6.07) is 6.76. The van der Waals surface area contributed by atoms with Gasteiger partial charge in [0.05, 0.1) is 5.37 Å². The van der Waals surface area contributed by atoms with Crippen LogP contribution in [-0.2, 0) is 0 Å². The fourth-order valence-electron chi connectivity index (χ4n) is 1.86. The van der Waals surface area contributed by atoms with Crippen LogP contribution in [-0.4, -0.2) is 18.6 Å². The molecule has 3 nitrogen and oxygen atoms in total. The van der Waals surface area contributed by atoms with E-state index in [1.165, 1.54) is 11.3 Å². The van der Waals surface area contributed by atoms with E-state index < -0.39 is 0 Å². The molecular formula is C11H13NO2S. The molecule has 15 heavy (non-hydrogen) atoms. The summed E-state index contributed by atoms with van der Waals surface area (Å²) < 4.78 is 10.7. The maximum absolute atomic E-state index is 5.37. The molecule has 2 aliphatic rings. The number of thioether (sulfide) groups is 1. The standard InChI is InChI=1S/C11H13NO2S/c1-7-5-15-11(12-7)8-2-3-9-10(4-8)14-6-13-9/h2-4,7,11-12H,5-6H2,1H3. The van der Waals surface area contributed by atoms with Gasteiger partial charge < -0.3 is 9.47 Å². The zero-order valence-corrected chi connectivity index (χ0v) is 9.34. The summed E-state index contributed by atoms with van der Waals surface area (Å²) in [5.41, 5.74) is 1.27. The van der Waals surface area contributed by atoms with Crippen molar-refractivity contribution in [3.05, 3.63) is 23.8 Å². The normalized spacial score (nSPS) is 28.3. The highest BCUT2D eigenvalue weighted by Gasteiger charge is 2.24. The number of benzene rings is 1. The first-order chi connectivity index (χ1) is 7.33. The number of nitrogens with one attached hydrogen (secondary N) is 1. The van der Waals surface area contributed by atoms with E-state index in [2.05, 4.69) is 24.4 Å². The zero-order chi connectivity index (χ0) is 10.3. The third kappa shape index (κ3) is 1.68. The van der Waals surface area contributed by atoms with Gasteiger partial charge in [0, 0.05) is 11.8 Å². The molecule has 0 saturated carbocycles. The molecule has 2 unspecified atom stereocenters. The van der Waals surface area contributed by atoms with Gasteiger partial charge in [0.1, 0.15) is 0 Å². The monoisotopic (exact) mass is 223 g/mol. The van der Waals surface area contributed by atoms with Gasteiger partial charge in [0.15, 0.2) is 11.5 Å². The Balaban J connectivity index is 1.87. The second kappa shape index (κ2) is 3.61. The van der Waals surface area contributed by atoms with Crippen molar-refractivity contribution in [2.75, 3.05) is 12.5 Å². The molecule has 0 radical (unpaired) electrons. The fraction of sp³-hybridized carbons (Fsp3) is 0.455. The third-order valence-electron chi connectivity index (χ3n) is 2.65. The summed E-state index contributed by atoms with van der Waals surface area (Å²) in [6.07, 6.45) is 0. The smallest absolute Gasteiger partial charge is 0.231 e. The predicted octanol–water partition coefficient (Wildman–Crippen LogP) is 2.14. The van der Waals surface area contributed by atoms with E-state index in [0.717, 1.165) is 11.5 Å².